The van der Waals surface area contributed by atoms with E-state index in [1.165, 1.54) is 12.1 Å². The smallest absolute Gasteiger partial charge is 0.267 e. The highest BCUT2D eigenvalue weighted by molar-refractivity contribution is 7.92. The van der Waals surface area contributed by atoms with Gasteiger partial charge < -0.3 is 4.42 Å². The molecule has 0 amide bonds. The van der Waals surface area contributed by atoms with Gasteiger partial charge in [-0.15, -0.1) is 0 Å². The Labute approximate surface area is 178 Å². The summed E-state index contributed by atoms with van der Waals surface area (Å²) in [5, 5.41) is 9.62. The number of aromatic nitrogens is 1. The zero-order chi connectivity index (χ0) is 21.8. The molecule has 8 heteroatoms. The second-order valence-corrected chi connectivity index (χ2v) is 8.46. The Morgan fingerprint density at radius 2 is 1.55 bits per heavy atom. The third kappa shape index (κ3) is 4.17. The molecule has 0 aliphatic heterocycles. The van der Waals surface area contributed by atoms with E-state index in [-0.39, 0.29) is 28.9 Å². The first-order chi connectivity index (χ1) is 15.0. The summed E-state index contributed by atoms with van der Waals surface area (Å²) in [7, 11) is -4.19. The number of oxazole rings is 1. The summed E-state index contributed by atoms with van der Waals surface area (Å²) >= 11 is 0. The van der Waals surface area contributed by atoms with Crippen LogP contribution in [0.4, 0.5) is 10.3 Å². The zero-order valence-corrected chi connectivity index (χ0v) is 17.0. The minimum absolute atomic E-state index is 0.0986. The SMILES string of the molecule is N#Cc1nc(-c2ccccc2)oc1N(Cc1ccccc1)S(=O)(=O)c1ccc(F)cc1. The second kappa shape index (κ2) is 8.42. The van der Waals surface area contributed by atoms with Crippen LogP contribution in [0.1, 0.15) is 11.3 Å². The van der Waals surface area contributed by atoms with Gasteiger partial charge in [0.25, 0.3) is 10.0 Å². The van der Waals surface area contributed by atoms with Crippen LogP contribution in [0.2, 0.25) is 0 Å². The molecule has 0 aliphatic carbocycles. The molecule has 1 aromatic heterocycles. The van der Waals surface area contributed by atoms with E-state index in [1.54, 1.807) is 48.5 Å². The lowest BCUT2D eigenvalue weighted by atomic mass is 10.2. The Morgan fingerprint density at radius 3 is 2.16 bits per heavy atom. The van der Waals surface area contributed by atoms with Crippen molar-refractivity contribution in [2.24, 2.45) is 0 Å². The number of nitrogens with zero attached hydrogens (tertiary/aromatic N) is 3. The first kappa shape index (κ1) is 20.3. The molecule has 3 aromatic carbocycles. The molecule has 154 valence electrons. The molecule has 0 bridgehead atoms. The lowest BCUT2D eigenvalue weighted by molar-refractivity contribution is 0.554. The molecule has 0 atom stereocenters. The van der Waals surface area contributed by atoms with E-state index in [0.717, 1.165) is 16.4 Å². The Kier molecular flexibility index (Phi) is 5.52. The minimum atomic E-state index is -4.19. The van der Waals surface area contributed by atoms with Gasteiger partial charge >= 0.3 is 0 Å². The van der Waals surface area contributed by atoms with Crippen molar-refractivity contribution >= 4 is 15.9 Å². The number of rotatable bonds is 6. The van der Waals surface area contributed by atoms with Gasteiger partial charge in [-0.3, -0.25) is 0 Å². The van der Waals surface area contributed by atoms with Crippen molar-refractivity contribution in [1.82, 2.24) is 4.98 Å². The Balaban J connectivity index is 1.86. The van der Waals surface area contributed by atoms with Crippen LogP contribution in [-0.2, 0) is 16.6 Å². The summed E-state index contributed by atoms with van der Waals surface area (Å²) in [6, 6.07) is 24.1. The predicted molar refractivity (Wildman–Crippen MR) is 113 cm³/mol. The zero-order valence-electron chi connectivity index (χ0n) is 16.1. The highest BCUT2D eigenvalue weighted by Gasteiger charge is 2.31. The maximum absolute atomic E-state index is 13.5. The standard InChI is InChI=1S/C23H16FN3O3S/c24-19-11-13-20(14-12-19)31(28,29)27(16-17-7-3-1-4-8-17)23-21(15-25)26-22(30-23)18-9-5-2-6-10-18/h1-14H,16H2. The average Bonchev–Trinajstić information content (AvgIpc) is 3.23. The maximum atomic E-state index is 13.5. The third-order valence-electron chi connectivity index (χ3n) is 4.53. The molecule has 0 radical (unpaired) electrons. The van der Waals surface area contributed by atoms with E-state index < -0.39 is 15.8 Å². The molecule has 0 aliphatic rings. The molecule has 0 spiro atoms. The monoisotopic (exact) mass is 433 g/mol. The van der Waals surface area contributed by atoms with Crippen molar-refractivity contribution in [2.45, 2.75) is 11.4 Å². The molecular weight excluding hydrogens is 417 g/mol. The largest absolute Gasteiger partial charge is 0.418 e. The topological polar surface area (TPSA) is 87.2 Å². The molecule has 0 unspecified atom stereocenters. The van der Waals surface area contributed by atoms with Gasteiger partial charge in [0.2, 0.25) is 17.5 Å². The summed E-state index contributed by atoms with van der Waals surface area (Å²) < 4.78 is 47.1. The summed E-state index contributed by atoms with van der Waals surface area (Å²) in [4.78, 5) is 4.06. The molecule has 31 heavy (non-hydrogen) atoms. The first-order valence-electron chi connectivity index (χ1n) is 9.27. The van der Waals surface area contributed by atoms with Gasteiger partial charge in [-0.25, -0.2) is 17.1 Å². The molecule has 0 saturated carbocycles. The van der Waals surface area contributed by atoms with Crippen LogP contribution in [0, 0.1) is 17.1 Å². The number of sulfonamides is 1. The molecule has 0 fully saturated rings. The highest BCUT2D eigenvalue weighted by atomic mass is 32.2. The molecule has 1 heterocycles. The fourth-order valence-electron chi connectivity index (χ4n) is 3.01. The summed E-state index contributed by atoms with van der Waals surface area (Å²) in [6.45, 7) is -0.0986. The van der Waals surface area contributed by atoms with Gasteiger partial charge in [-0.1, -0.05) is 48.5 Å². The second-order valence-electron chi connectivity index (χ2n) is 6.60. The molecule has 4 rings (SSSR count). The maximum Gasteiger partial charge on any atom is 0.267 e. The van der Waals surface area contributed by atoms with Crippen molar-refractivity contribution in [1.29, 1.82) is 5.26 Å². The van der Waals surface area contributed by atoms with Gasteiger partial charge in [0.1, 0.15) is 11.9 Å². The van der Waals surface area contributed by atoms with Crippen LogP contribution >= 0.6 is 0 Å². The van der Waals surface area contributed by atoms with Gasteiger partial charge in [-0.05, 0) is 42.0 Å². The lowest BCUT2D eigenvalue weighted by Gasteiger charge is -2.22. The van der Waals surface area contributed by atoms with E-state index in [4.69, 9.17) is 4.42 Å². The predicted octanol–water partition coefficient (Wildman–Crippen LogP) is 4.75. The van der Waals surface area contributed by atoms with E-state index in [9.17, 15) is 18.1 Å². The molecule has 6 nitrogen and oxygen atoms in total. The van der Waals surface area contributed by atoms with Crippen molar-refractivity contribution in [3.63, 3.8) is 0 Å². The minimum Gasteiger partial charge on any atom is -0.418 e. The van der Waals surface area contributed by atoms with Gasteiger partial charge in [-0.2, -0.15) is 10.2 Å². The van der Waals surface area contributed by atoms with Crippen molar-refractivity contribution in [2.75, 3.05) is 4.31 Å². The third-order valence-corrected chi connectivity index (χ3v) is 6.28. The summed E-state index contributed by atoms with van der Waals surface area (Å²) in [5.74, 6) is -0.633. The van der Waals surface area contributed by atoms with E-state index in [0.29, 0.717) is 11.1 Å². The van der Waals surface area contributed by atoms with Gasteiger partial charge in [0, 0.05) is 5.56 Å². The van der Waals surface area contributed by atoms with E-state index >= 15 is 0 Å². The summed E-state index contributed by atoms with van der Waals surface area (Å²) in [5.41, 5.74) is 1.11. The average molecular weight is 433 g/mol. The fraction of sp³-hybridized carbons (Fsp3) is 0.0435. The van der Waals surface area contributed by atoms with Crippen LogP contribution in [0.5, 0.6) is 0 Å². The van der Waals surface area contributed by atoms with Gasteiger partial charge in [0.15, 0.2) is 0 Å². The van der Waals surface area contributed by atoms with Crippen LogP contribution < -0.4 is 4.31 Å². The molecule has 0 N–H and O–H groups in total. The van der Waals surface area contributed by atoms with Crippen LogP contribution in [0.3, 0.4) is 0 Å². The Bertz CT molecular complexity index is 1330. The highest BCUT2D eigenvalue weighted by Crippen LogP contribution is 2.33. The number of anilines is 1. The van der Waals surface area contributed by atoms with Crippen LogP contribution in [0.25, 0.3) is 11.5 Å². The molecule has 4 aromatic rings. The molecular formula is C23H16FN3O3S. The quantitative estimate of drug-likeness (QED) is 0.438. The summed E-state index contributed by atoms with van der Waals surface area (Å²) in [6.07, 6.45) is 0. The Hall–Kier alpha value is -3.96. The first-order valence-corrected chi connectivity index (χ1v) is 10.7. The number of hydrogen-bond acceptors (Lipinski definition) is 5. The van der Waals surface area contributed by atoms with Crippen LogP contribution in [0.15, 0.2) is 94.2 Å². The number of benzene rings is 3. The normalized spacial score (nSPS) is 11.1. The van der Waals surface area contributed by atoms with E-state index in [2.05, 4.69) is 4.98 Å². The van der Waals surface area contributed by atoms with Crippen molar-refractivity contribution < 1.29 is 17.2 Å². The number of nitriles is 1. The van der Waals surface area contributed by atoms with E-state index in [1.807, 2.05) is 18.2 Å². The number of halogens is 1. The molecule has 0 saturated heterocycles. The van der Waals surface area contributed by atoms with Crippen molar-refractivity contribution in [3.05, 3.63) is 102 Å². The number of hydrogen-bond donors (Lipinski definition) is 0. The van der Waals surface area contributed by atoms with Crippen LogP contribution in [-0.4, -0.2) is 13.4 Å². The lowest BCUT2D eigenvalue weighted by Crippen LogP contribution is -2.31. The Morgan fingerprint density at radius 1 is 0.935 bits per heavy atom. The van der Waals surface area contributed by atoms with Gasteiger partial charge in [0.05, 0.1) is 11.4 Å². The fourth-order valence-corrected chi connectivity index (χ4v) is 4.40. The van der Waals surface area contributed by atoms with Crippen molar-refractivity contribution in [3.8, 4) is 17.5 Å².